The van der Waals surface area contributed by atoms with E-state index in [1.165, 1.54) is 12.1 Å². The minimum Gasteiger partial charge on any atom is -0.476 e. The number of carbonyl (C=O) groups is 1. The van der Waals surface area contributed by atoms with Crippen molar-refractivity contribution in [1.82, 2.24) is 5.32 Å². The van der Waals surface area contributed by atoms with Crippen molar-refractivity contribution in [2.24, 2.45) is 0 Å². The molecule has 1 amide bonds. The third-order valence-electron chi connectivity index (χ3n) is 1.92. The summed E-state index contributed by atoms with van der Waals surface area (Å²) in [6.45, 7) is -0.426. The Morgan fingerprint density at radius 1 is 1.56 bits per heavy atom. The van der Waals surface area contributed by atoms with E-state index >= 15 is 0 Å². The van der Waals surface area contributed by atoms with Crippen LogP contribution in [0.5, 0.6) is 5.75 Å². The molecule has 0 saturated heterocycles. The van der Waals surface area contributed by atoms with E-state index in [4.69, 9.17) is 9.84 Å². The predicted molar refractivity (Wildman–Crippen MR) is 66.4 cm³/mol. The lowest BCUT2D eigenvalue weighted by Gasteiger charge is -2.08. The summed E-state index contributed by atoms with van der Waals surface area (Å²) in [6, 6.07) is 4.36. The van der Waals surface area contributed by atoms with E-state index in [0.29, 0.717) is 4.47 Å². The maximum absolute atomic E-state index is 11.2. The van der Waals surface area contributed by atoms with Gasteiger partial charge in [0.25, 0.3) is 5.91 Å². The summed E-state index contributed by atoms with van der Waals surface area (Å²) in [7, 11) is 0. The first-order valence-corrected chi connectivity index (χ1v) is 5.79. The van der Waals surface area contributed by atoms with E-state index in [1.807, 2.05) is 0 Å². The molecule has 0 heterocycles. The van der Waals surface area contributed by atoms with Gasteiger partial charge in [-0.2, -0.15) is 0 Å². The molecule has 0 aliphatic heterocycles. The highest BCUT2D eigenvalue weighted by atomic mass is 79.9. The average molecular weight is 319 g/mol. The van der Waals surface area contributed by atoms with Gasteiger partial charge in [-0.25, -0.2) is 0 Å². The van der Waals surface area contributed by atoms with Gasteiger partial charge in [-0.15, -0.1) is 0 Å². The largest absolute Gasteiger partial charge is 0.476 e. The molecule has 1 aromatic rings. The highest BCUT2D eigenvalue weighted by Gasteiger charge is 2.18. The molecular formula is C10H11BrN2O5. The molecule has 2 N–H and O–H groups in total. The van der Waals surface area contributed by atoms with E-state index < -0.39 is 10.8 Å². The van der Waals surface area contributed by atoms with Gasteiger partial charge in [0.1, 0.15) is 0 Å². The van der Waals surface area contributed by atoms with Crippen LogP contribution in [-0.2, 0) is 4.79 Å². The summed E-state index contributed by atoms with van der Waals surface area (Å²) in [5.41, 5.74) is -0.223. The van der Waals surface area contributed by atoms with E-state index in [2.05, 4.69) is 21.2 Å². The number of nitrogens with zero attached hydrogens (tertiary/aromatic N) is 1. The van der Waals surface area contributed by atoms with Gasteiger partial charge >= 0.3 is 5.69 Å². The molecule has 0 unspecified atom stereocenters. The number of nitrogens with one attached hydrogen (secondary N) is 1. The number of ether oxygens (including phenoxy) is 1. The van der Waals surface area contributed by atoms with Gasteiger partial charge in [-0.05, 0) is 22.0 Å². The van der Waals surface area contributed by atoms with Crippen LogP contribution >= 0.6 is 15.9 Å². The van der Waals surface area contributed by atoms with Crippen molar-refractivity contribution in [1.29, 1.82) is 0 Å². The molecule has 0 aliphatic rings. The number of carbonyl (C=O) groups excluding carboxylic acids is 1. The third kappa shape index (κ3) is 3.97. The van der Waals surface area contributed by atoms with Gasteiger partial charge in [-0.1, -0.05) is 6.07 Å². The smallest absolute Gasteiger partial charge is 0.312 e. The van der Waals surface area contributed by atoms with E-state index in [-0.39, 0.29) is 31.2 Å². The highest BCUT2D eigenvalue weighted by Crippen LogP contribution is 2.34. The number of hydrogen-bond acceptors (Lipinski definition) is 5. The van der Waals surface area contributed by atoms with Crippen LogP contribution < -0.4 is 10.1 Å². The Hall–Kier alpha value is -1.67. The SMILES string of the molecule is O=C(COc1c(Br)cccc1[N+](=O)[O-])NCCO. The van der Waals surface area contributed by atoms with Crippen molar-refractivity contribution >= 4 is 27.5 Å². The number of aliphatic hydroxyl groups is 1. The number of rotatable bonds is 6. The van der Waals surface area contributed by atoms with Gasteiger partial charge in [0.2, 0.25) is 5.75 Å². The Morgan fingerprint density at radius 3 is 2.89 bits per heavy atom. The van der Waals surface area contributed by atoms with Crippen molar-refractivity contribution < 1.29 is 19.6 Å². The molecule has 1 rings (SSSR count). The van der Waals surface area contributed by atoms with E-state index in [0.717, 1.165) is 0 Å². The van der Waals surface area contributed by atoms with E-state index in [1.54, 1.807) is 6.07 Å². The summed E-state index contributed by atoms with van der Waals surface area (Å²) in [4.78, 5) is 21.4. The first-order valence-electron chi connectivity index (χ1n) is 4.99. The molecule has 98 valence electrons. The summed E-state index contributed by atoms with van der Waals surface area (Å²) in [5.74, 6) is -0.462. The van der Waals surface area contributed by atoms with Crippen LogP contribution in [0.15, 0.2) is 22.7 Å². The number of aliphatic hydroxyl groups excluding tert-OH is 1. The monoisotopic (exact) mass is 318 g/mol. The highest BCUT2D eigenvalue weighted by molar-refractivity contribution is 9.10. The van der Waals surface area contributed by atoms with Crippen LogP contribution in [0, 0.1) is 10.1 Å². The summed E-state index contributed by atoms with van der Waals surface area (Å²) in [6.07, 6.45) is 0. The van der Waals surface area contributed by atoms with Crippen LogP contribution in [0.4, 0.5) is 5.69 Å². The van der Waals surface area contributed by atoms with Crippen LogP contribution in [0.2, 0.25) is 0 Å². The average Bonchev–Trinajstić information content (AvgIpc) is 2.34. The zero-order chi connectivity index (χ0) is 13.5. The third-order valence-corrected chi connectivity index (χ3v) is 2.55. The second-order valence-corrected chi connectivity index (χ2v) is 4.06. The summed E-state index contributed by atoms with van der Waals surface area (Å²) >= 11 is 3.12. The predicted octanol–water partition coefficient (Wildman–Crippen LogP) is 0.845. The number of benzene rings is 1. The molecule has 0 atom stereocenters. The summed E-state index contributed by atoms with van der Waals surface area (Å²) in [5, 5.41) is 21.6. The second kappa shape index (κ2) is 6.92. The fraction of sp³-hybridized carbons (Fsp3) is 0.300. The van der Waals surface area contributed by atoms with Crippen LogP contribution in [0.1, 0.15) is 0 Å². The number of hydrogen-bond donors (Lipinski definition) is 2. The Kier molecular flexibility index (Phi) is 5.53. The number of amides is 1. The molecule has 0 fully saturated rings. The second-order valence-electron chi connectivity index (χ2n) is 3.21. The molecule has 0 saturated carbocycles. The molecule has 0 bridgehead atoms. The lowest BCUT2D eigenvalue weighted by molar-refractivity contribution is -0.385. The van der Waals surface area contributed by atoms with Crippen LogP contribution in [-0.4, -0.2) is 35.7 Å². The molecule has 0 radical (unpaired) electrons. The van der Waals surface area contributed by atoms with Gasteiger partial charge in [0.05, 0.1) is 16.0 Å². The van der Waals surface area contributed by atoms with E-state index in [9.17, 15) is 14.9 Å². The number of halogens is 1. The Morgan fingerprint density at radius 2 is 2.28 bits per heavy atom. The maximum Gasteiger partial charge on any atom is 0.312 e. The quantitative estimate of drug-likeness (QED) is 0.598. The molecule has 1 aromatic carbocycles. The molecule has 8 heteroatoms. The molecule has 0 aliphatic carbocycles. The first-order chi connectivity index (χ1) is 8.56. The van der Waals surface area contributed by atoms with Crippen molar-refractivity contribution in [3.05, 3.63) is 32.8 Å². The molecule has 0 spiro atoms. The summed E-state index contributed by atoms with van der Waals surface area (Å²) < 4.78 is 5.50. The van der Waals surface area contributed by atoms with Crippen LogP contribution in [0.3, 0.4) is 0 Å². The van der Waals surface area contributed by atoms with Crippen molar-refractivity contribution in [3.8, 4) is 5.75 Å². The Balaban J connectivity index is 2.72. The fourth-order valence-electron chi connectivity index (χ4n) is 1.17. The molecule has 7 nitrogen and oxygen atoms in total. The Labute approximate surface area is 111 Å². The van der Waals surface area contributed by atoms with Crippen molar-refractivity contribution in [2.45, 2.75) is 0 Å². The first kappa shape index (κ1) is 14.4. The number of nitro groups is 1. The maximum atomic E-state index is 11.2. The molecular weight excluding hydrogens is 308 g/mol. The normalized spacial score (nSPS) is 9.89. The topological polar surface area (TPSA) is 102 Å². The zero-order valence-corrected chi connectivity index (χ0v) is 10.8. The minimum atomic E-state index is -0.592. The lowest BCUT2D eigenvalue weighted by atomic mass is 10.3. The minimum absolute atomic E-state index is 0.00153. The van der Waals surface area contributed by atoms with Gasteiger partial charge in [0.15, 0.2) is 6.61 Å². The molecule has 0 aromatic heterocycles. The van der Waals surface area contributed by atoms with Gasteiger partial charge < -0.3 is 15.2 Å². The van der Waals surface area contributed by atoms with Crippen molar-refractivity contribution in [2.75, 3.05) is 19.8 Å². The standard InChI is InChI=1S/C10H11BrN2O5/c11-7-2-1-3-8(13(16)17)10(7)18-6-9(15)12-4-5-14/h1-3,14H,4-6H2,(H,12,15). The number of nitro benzene ring substituents is 1. The zero-order valence-electron chi connectivity index (χ0n) is 9.26. The van der Waals surface area contributed by atoms with Gasteiger partial charge in [-0.3, -0.25) is 14.9 Å². The lowest BCUT2D eigenvalue weighted by Crippen LogP contribution is -2.31. The van der Waals surface area contributed by atoms with Crippen LogP contribution in [0.25, 0.3) is 0 Å². The Bertz CT molecular complexity index is 452. The molecule has 18 heavy (non-hydrogen) atoms. The fourth-order valence-corrected chi connectivity index (χ4v) is 1.64. The van der Waals surface area contributed by atoms with Crippen molar-refractivity contribution in [3.63, 3.8) is 0 Å². The number of para-hydroxylation sites is 1. The van der Waals surface area contributed by atoms with Gasteiger partial charge in [0, 0.05) is 12.6 Å².